The van der Waals surface area contributed by atoms with Crippen LogP contribution in [-0.2, 0) is 6.42 Å². The predicted molar refractivity (Wildman–Crippen MR) is 76.2 cm³/mol. The van der Waals surface area contributed by atoms with Crippen molar-refractivity contribution in [2.75, 3.05) is 6.54 Å². The average molecular weight is 251 g/mol. The van der Waals surface area contributed by atoms with Crippen LogP contribution in [0.5, 0.6) is 0 Å². The molecule has 1 nitrogen and oxygen atoms in total. The van der Waals surface area contributed by atoms with Gasteiger partial charge in [-0.25, -0.2) is 4.39 Å². The lowest BCUT2D eigenvalue weighted by atomic mass is 9.98. The summed E-state index contributed by atoms with van der Waals surface area (Å²) in [6, 6.07) is 7.23. The quantitative estimate of drug-likeness (QED) is 0.771. The van der Waals surface area contributed by atoms with Crippen LogP contribution in [0.3, 0.4) is 0 Å². The Hall–Kier alpha value is -0.890. The Labute approximate surface area is 111 Å². The lowest BCUT2D eigenvalue weighted by Crippen LogP contribution is -2.32. The van der Waals surface area contributed by atoms with Gasteiger partial charge in [-0.3, -0.25) is 0 Å². The maximum absolute atomic E-state index is 12.8. The Bertz CT molecular complexity index is 331. The van der Waals surface area contributed by atoms with Crippen LogP contribution in [0.15, 0.2) is 24.3 Å². The number of hydrogen-bond donors (Lipinski definition) is 1. The van der Waals surface area contributed by atoms with Crippen LogP contribution in [0.2, 0.25) is 0 Å². The first kappa shape index (κ1) is 15.2. The van der Waals surface area contributed by atoms with Crippen LogP contribution in [0.4, 0.5) is 4.39 Å². The van der Waals surface area contributed by atoms with Gasteiger partial charge in [-0.05, 0) is 55.8 Å². The molecule has 0 saturated carbocycles. The Balaban J connectivity index is 2.29. The van der Waals surface area contributed by atoms with E-state index in [-0.39, 0.29) is 5.82 Å². The van der Waals surface area contributed by atoms with Gasteiger partial charge >= 0.3 is 0 Å². The summed E-state index contributed by atoms with van der Waals surface area (Å²) in [6.07, 6.45) is 2.21. The average Bonchev–Trinajstić information content (AvgIpc) is 2.29. The molecular weight excluding hydrogens is 225 g/mol. The molecule has 0 fully saturated rings. The van der Waals surface area contributed by atoms with E-state index in [9.17, 15) is 4.39 Å². The number of halogens is 1. The highest BCUT2D eigenvalue weighted by Gasteiger charge is 2.08. The van der Waals surface area contributed by atoms with Crippen LogP contribution in [0, 0.1) is 17.7 Å². The number of hydrogen-bond acceptors (Lipinski definition) is 1. The zero-order valence-electron chi connectivity index (χ0n) is 12.0. The van der Waals surface area contributed by atoms with E-state index in [1.807, 2.05) is 12.1 Å². The third kappa shape index (κ3) is 6.15. The van der Waals surface area contributed by atoms with Gasteiger partial charge in [-0.2, -0.15) is 0 Å². The van der Waals surface area contributed by atoms with E-state index >= 15 is 0 Å². The summed E-state index contributed by atoms with van der Waals surface area (Å²) < 4.78 is 12.8. The van der Waals surface area contributed by atoms with Crippen LogP contribution in [0.25, 0.3) is 0 Å². The van der Waals surface area contributed by atoms with Crippen molar-refractivity contribution in [3.05, 3.63) is 35.6 Å². The summed E-state index contributed by atoms with van der Waals surface area (Å²) in [6.45, 7) is 10.1. The fourth-order valence-electron chi connectivity index (χ4n) is 2.34. The molecule has 1 rings (SSSR count). The minimum Gasteiger partial charge on any atom is -0.314 e. The van der Waals surface area contributed by atoms with E-state index in [0.29, 0.717) is 12.0 Å². The fourth-order valence-corrected chi connectivity index (χ4v) is 2.34. The van der Waals surface area contributed by atoms with Crippen molar-refractivity contribution in [1.29, 1.82) is 0 Å². The second kappa shape index (κ2) is 7.52. The van der Waals surface area contributed by atoms with Crippen molar-refractivity contribution in [3.8, 4) is 0 Å². The second-order valence-corrected chi connectivity index (χ2v) is 5.87. The first-order valence-electron chi connectivity index (χ1n) is 6.95. The molecule has 0 saturated heterocycles. The summed E-state index contributed by atoms with van der Waals surface area (Å²) >= 11 is 0. The van der Waals surface area contributed by atoms with Crippen molar-refractivity contribution in [2.24, 2.45) is 11.8 Å². The van der Waals surface area contributed by atoms with E-state index in [1.54, 1.807) is 0 Å². The fraction of sp³-hybridized carbons (Fsp3) is 0.625. The largest absolute Gasteiger partial charge is 0.314 e. The number of nitrogens with one attached hydrogen (secondary N) is 1. The van der Waals surface area contributed by atoms with E-state index in [1.165, 1.54) is 24.1 Å². The molecule has 1 aromatic rings. The first-order valence-corrected chi connectivity index (χ1v) is 6.95. The summed E-state index contributed by atoms with van der Waals surface area (Å²) in [5, 5.41) is 3.56. The molecule has 18 heavy (non-hydrogen) atoms. The van der Waals surface area contributed by atoms with E-state index in [4.69, 9.17) is 0 Å². The van der Waals surface area contributed by atoms with Crippen molar-refractivity contribution in [2.45, 2.75) is 46.6 Å². The topological polar surface area (TPSA) is 12.0 Å². The Morgan fingerprint density at radius 1 is 1.06 bits per heavy atom. The predicted octanol–water partition coefficient (Wildman–Crippen LogP) is 4.03. The van der Waals surface area contributed by atoms with Gasteiger partial charge in [-0.15, -0.1) is 0 Å². The van der Waals surface area contributed by atoms with Crippen LogP contribution in [-0.4, -0.2) is 12.6 Å². The molecule has 0 aliphatic carbocycles. The smallest absolute Gasteiger partial charge is 0.123 e. The number of rotatable bonds is 7. The third-order valence-electron chi connectivity index (χ3n) is 3.14. The van der Waals surface area contributed by atoms with E-state index in [2.05, 4.69) is 33.0 Å². The first-order chi connectivity index (χ1) is 8.47. The second-order valence-electron chi connectivity index (χ2n) is 5.87. The van der Waals surface area contributed by atoms with Crippen molar-refractivity contribution < 1.29 is 4.39 Å². The van der Waals surface area contributed by atoms with Crippen LogP contribution >= 0.6 is 0 Å². The van der Waals surface area contributed by atoms with Gasteiger partial charge in [0, 0.05) is 6.04 Å². The van der Waals surface area contributed by atoms with E-state index < -0.39 is 0 Å². The summed E-state index contributed by atoms with van der Waals surface area (Å²) in [7, 11) is 0. The molecule has 0 heterocycles. The summed E-state index contributed by atoms with van der Waals surface area (Å²) in [4.78, 5) is 0. The molecule has 0 aromatic heterocycles. The molecule has 1 aromatic carbocycles. The zero-order chi connectivity index (χ0) is 13.5. The molecule has 2 unspecified atom stereocenters. The van der Waals surface area contributed by atoms with Crippen molar-refractivity contribution >= 4 is 0 Å². The molecule has 2 heteroatoms. The summed E-state index contributed by atoms with van der Waals surface area (Å²) in [5.41, 5.74) is 1.19. The van der Waals surface area contributed by atoms with Crippen LogP contribution in [0.1, 0.15) is 39.7 Å². The molecule has 0 bridgehead atoms. The highest BCUT2D eigenvalue weighted by atomic mass is 19.1. The summed E-state index contributed by atoms with van der Waals surface area (Å²) in [5.74, 6) is 1.31. The Kier molecular flexibility index (Phi) is 6.34. The normalized spacial score (nSPS) is 14.8. The molecule has 102 valence electrons. The zero-order valence-corrected chi connectivity index (χ0v) is 12.0. The standard InChI is InChI=1S/C16H26FN/c1-12(2)9-13(3)11-18-14(4)10-15-5-7-16(17)8-6-15/h5-8,12-14,18H,9-11H2,1-4H3. The van der Waals surface area contributed by atoms with Gasteiger partial charge in [-0.1, -0.05) is 32.9 Å². The molecule has 0 radical (unpaired) electrons. The molecule has 0 aliphatic heterocycles. The van der Waals surface area contributed by atoms with Gasteiger partial charge in [0.05, 0.1) is 0 Å². The molecular formula is C16H26FN. The third-order valence-corrected chi connectivity index (χ3v) is 3.14. The highest BCUT2D eigenvalue weighted by Crippen LogP contribution is 2.10. The van der Waals surface area contributed by atoms with Gasteiger partial charge in [0.1, 0.15) is 5.82 Å². The van der Waals surface area contributed by atoms with Gasteiger partial charge in [0.2, 0.25) is 0 Å². The molecule has 0 aliphatic rings. The molecule has 0 spiro atoms. The van der Waals surface area contributed by atoms with Crippen molar-refractivity contribution in [3.63, 3.8) is 0 Å². The van der Waals surface area contributed by atoms with Gasteiger partial charge in [0.15, 0.2) is 0 Å². The molecule has 1 N–H and O–H groups in total. The minimum atomic E-state index is -0.162. The highest BCUT2D eigenvalue weighted by molar-refractivity contribution is 5.16. The minimum absolute atomic E-state index is 0.162. The Morgan fingerprint density at radius 2 is 1.67 bits per heavy atom. The maximum Gasteiger partial charge on any atom is 0.123 e. The maximum atomic E-state index is 12.8. The van der Waals surface area contributed by atoms with E-state index in [0.717, 1.165) is 18.9 Å². The number of benzene rings is 1. The molecule has 2 atom stereocenters. The Morgan fingerprint density at radius 3 is 2.22 bits per heavy atom. The van der Waals surface area contributed by atoms with Gasteiger partial charge in [0.25, 0.3) is 0 Å². The van der Waals surface area contributed by atoms with Gasteiger partial charge < -0.3 is 5.32 Å². The lowest BCUT2D eigenvalue weighted by Gasteiger charge is -2.19. The molecule has 0 amide bonds. The monoisotopic (exact) mass is 251 g/mol. The SMILES string of the molecule is CC(C)CC(C)CNC(C)Cc1ccc(F)cc1. The van der Waals surface area contributed by atoms with Crippen molar-refractivity contribution in [1.82, 2.24) is 5.32 Å². The lowest BCUT2D eigenvalue weighted by molar-refractivity contribution is 0.392. The van der Waals surface area contributed by atoms with Crippen LogP contribution < -0.4 is 5.32 Å².